The first-order valence-corrected chi connectivity index (χ1v) is 11.6. The minimum absolute atomic E-state index is 0.234. The van der Waals surface area contributed by atoms with Crippen LogP contribution in [-0.4, -0.2) is 45.4 Å². The number of para-hydroxylation sites is 1. The van der Waals surface area contributed by atoms with Crippen molar-refractivity contribution in [3.05, 3.63) is 77.9 Å². The molecule has 0 aliphatic rings. The van der Waals surface area contributed by atoms with Crippen LogP contribution in [0.3, 0.4) is 0 Å². The fourth-order valence-electron chi connectivity index (χ4n) is 3.47. The summed E-state index contributed by atoms with van der Waals surface area (Å²) in [6.07, 6.45) is 0. The summed E-state index contributed by atoms with van der Waals surface area (Å²) in [5.74, 6) is 1.03. The van der Waals surface area contributed by atoms with Crippen LogP contribution in [0.1, 0.15) is 15.9 Å². The molecule has 0 radical (unpaired) electrons. The van der Waals surface area contributed by atoms with E-state index in [9.17, 15) is 4.79 Å². The van der Waals surface area contributed by atoms with Crippen molar-refractivity contribution in [2.75, 3.05) is 39.4 Å². The van der Waals surface area contributed by atoms with Gasteiger partial charge in [0.2, 0.25) is 5.75 Å². The zero-order valence-electron chi connectivity index (χ0n) is 19.3. The van der Waals surface area contributed by atoms with E-state index in [1.807, 2.05) is 54.6 Å². The lowest BCUT2D eigenvalue weighted by molar-refractivity contribution is 0.0975. The SMILES string of the molecule is COCCN(C(=O)c1cc(OC)c(OCc2ccccc2)c(OC)c1)c1nc2ccccc2s1. The molecule has 0 saturated carbocycles. The Bertz CT molecular complexity index is 1200. The summed E-state index contributed by atoms with van der Waals surface area (Å²) in [6, 6.07) is 20.9. The van der Waals surface area contributed by atoms with Gasteiger partial charge in [0.05, 0.1) is 37.6 Å². The molecule has 0 N–H and O–H groups in total. The minimum Gasteiger partial charge on any atom is -0.493 e. The van der Waals surface area contributed by atoms with Gasteiger partial charge in [0.25, 0.3) is 5.91 Å². The van der Waals surface area contributed by atoms with Gasteiger partial charge in [-0.25, -0.2) is 4.98 Å². The molecule has 0 atom stereocenters. The number of benzene rings is 3. The summed E-state index contributed by atoms with van der Waals surface area (Å²) in [6.45, 7) is 1.06. The normalized spacial score (nSPS) is 10.8. The smallest absolute Gasteiger partial charge is 0.260 e. The van der Waals surface area contributed by atoms with Crippen molar-refractivity contribution in [2.24, 2.45) is 0 Å². The Kier molecular flexibility index (Phi) is 7.61. The van der Waals surface area contributed by atoms with Gasteiger partial charge in [-0.1, -0.05) is 53.8 Å². The third-order valence-corrected chi connectivity index (χ3v) is 6.27. The molecule has 0 aliphatic carbocycles. The lowest BCUT2D eigenvalue weighted by Gasteiger charge is -2.21. The van der Waals surface area contributed by atoms with Crippen molar-refractivity contribution < 1.29 is 23.7 Å². The van der Waals surface area contributed by atoms with E-state index < -0.39 is 0 Å². The Morgan fingerprint density at radius 2 is 1.62 bits per heavy atom. The van der Waals surface area contributed by atoms with Crippen molar-refractivity contribution >= 4 is 32.6 Å². The second kappa shape index (κ2) is 11.0. The average molecular weight is 479 g/mol. The molecule has 1 amide bonds. The molecule has 7 nitrogen and oxygen atoms in total. The zero-order valence-corrected chi connectivity index (χ0v) is 20.1. The average Bonchev–Trinajstić information content (AvgIpc) is 3.31. The van der Waals surface area contributed by atoms with Gasteiger partial charge < -0.3 is 18.9 Å². The number of ether oxygens (including phenoxy) is 4. The molecule has 0 spiro atoms. The Morgan fingerprint density at radius 1 is 0.941 bits per heavy atom. The highest BCUT2D eigenvalue weighted by atomic mass is 32.1. The van der Waals surface area contributed by atoms with Crippen LogP contribution in [0.25, 0.3) is 10.2 Å². The summed E-state index contributed by atoms with van der Waals surface area (Å²) in [4.78, 5) is 19.9. The first-order valence-electron chi connectivity index (χ1n) is 10.7. The Morgan fingerprint density at radius 3 is 2.26 bits per heavy atom. The summed E-state index contributed by atoms with van der Waals surface area (Å²) >= 11 is 1.46. The Balaban J connectivity index is 1.66. The molecule has 4 aromatic rings. The fraction of sp³-hybridized carbons (Fsp3) is 0.231. The van der Waals surface area contributed by atoms with Crippen molar-refractivity contribution in [2.45, 2.75) is 6.61 Å². The number of amides is 1. The van der Waals surface area contributed by atoms with E-state index >= 15 is 0 Å². The van der Waals surface area contributed by atoms with Gasteiger partial charge >= 0.3 is 0 Å². The highest BCUT2D eigenvalue weighted by Crippen LogP contribution is 2.40. The number of anilines is 1. The zero-order chi connectivity index (χ0) is 23.9. The van der Waals surface area contributed by atoms with E-state index in [2.05, 4.69) is 4.98 Å². The van der Waals surface area contributed by atoms with E-state index in [0.29, 0.717) is 47.7 Å². The summed E-state index contributed by atoms with van der Waals surface area (Å²) in [5.41, 5.74) is 2.25. The Labute approximate surface area is 202 Å². The van der Waals surface area contributed by atoms with E-state index in [4.69, 9.17) is 18.9 Å². The summed E-state index contributed by atoms with van der Waals surface area (Å²) < 4.78 is 23.4. The first kappa shape index (κ1) is 23.5. The number of hydrogen-bond donors (Lipinski definition) is 0. The molecule has 0 unspecified atom stereocenters. The topological polar surface area (TPSA) is 70.1 Å². The standard InChI is InChI=1S/C26H26N2O5S/c1-30-14-13-28(26-27-20-11-7-8-12-23(20)34-26)25(29)19-15-21(31-2)24(22(16-19)32-3)33-17-18-9-5-4-6-10-18/h4-12,15-16H,13-14,17H2,1-3H3. The second-order valence-corrected chi connectivity index (χ2v) is 8.41. The maximum absolute atomic E-state index is 13.6. The van der Waals surface area contributed by atoms with Crippen LogP contribution in [0.15, 0.2) is 66.7 Å². The molecule has 0 fully saturated rings. The van der Waals surface area contributed by atoms with Gasteiger partial charge in [-0.15, -0.1) is 0 Å². The molecule has 8 heteroatoms. The number of carbonyl (C=O) groups is 1. The quantitative estimate of drug-likeness (QED) is 0.313. The number of hydrogen-bond acceptors (Lipinski definition) is 7. The monoisotopic (exact) mass is 478 g/mol. The maximum Gasteiger partial charge on any atom is 0.260 e. The molecule has 176 valence electrons. The van der Waals surface area contributed by atoms with Crippen LogP contribution in [0, 0.1) is 0 Å². The number of rotatable bonds is 10. The van der Waals surface area contributed by atoms with Crippen molar-refractivity contribution in [1.29, 1.82) is 0 Å². The number of thiazole rings is 1. The fourth-order valence-corrected chi connectivity index (χ4v) is 4.46. The van der Waals surface area contributed by atoms with Gasteiger partial charge in [0.1, 0.15) is 6.61 Å². The van der Waals surface area contributed by atoms with E-state index in [0.717, 1.165) is 15.8 Å². The number of methoxy groups -OCH3 is 3. The summed E-state index contributed by atoms with van der Waals surface area (Å²) in [7, 11) is 4.68. The van der Waals surface area contributed by atoms with Crippen molar-refractivity contribution in [1.82, 2.24) is 4.98 Å². The van der Waals surface area contributed by atoms with Crippen LogP contribution in [-0.2, 0) is 11.3 Å². The molecule has 3 aromatic carbocycles. The molecule has 0 bridgehead atoms. The number of fused-ring (bicyclic) bond motifs is 1. The molecule has 34 heavy (non-hydrogen) atoms. The van der Waals surface area contributed by atoms with E-state index in [1.165, 1.54) is 25.6 Å². The van der Waals surface area contributed by atoms with Gasteiger partial charge in [0, 0.05) is 12.7 Å². The van der Waals surface area contributed by atoms with Crippen LogP contribution in [0.5, 0.6) is 17.2 Å². The molecular formula is C26H26N2O5S. The van der Waals surface area contributed by atoms with E-state index in [1.54, 1.807) is 24.1 Å². The lowest BCUT2D eigenvalue weighted by atomic mass is 10.1. The van der Waals surface area contributed by atoms with Crippen LogP contribution < -0.4 is 19.1 Å². The minimum atomic E-state index is -0.234. The Hall–Kier alpha value is -3.62. The predicted molar refractivity (Wildman–Crippen MR) is 133 cm³/mol. The predicted octanol–water partition coefficient (Wildman–Crippen LogP) is 5.19. The summed E-state index contributed by atoms with van der Waals surface area (Å²) in [5, 5.41) is 0.602. The maximum atomic E-state index is 13.6. The van der Waals surface area contributed by atoms with Crippen molar-refractivity contribution in [3.63, 3.8) is 0 Å². The lowest BCUT2D eigenvalue weighted by Crippen LogP contribution is -2.34. The van der Waals surface area contributed by atoms with Gasteiger partial charge in [-0.3, -0.25) is 9.69 Å². The number of carbonyl (C=O) groups excluding carboxylic acids is 1. The molecular weight excluding hydrogens is 452 g/mol. The number of nitrogens with zero attached hydrogens (tertiary/aromatic N) is 2. The number of aromatic nitrogens is 1. The molecule has 0 saturated heterocycles. The molecule has 0 aliphatic heterocycles. The molecule has 1 heterocycles. The van der Waals surface area contributed by atoms with Crippen molar-refractivity contribution in [3.8, 4) is 17.2 Å². The second-order valence-electron chi connectivity index (χ2n) is 7.40. The van der Waals surface area contributed by atoms with Gasteiger partial charge in [-0.05, 0) is 29.8 Å². The highest BCUT2D eigenvalue weighted by Gasteiger charge is 2.25. The van der Waals surface area contributed by atoms with E-state index in [-0.39, 0.29) is 5.91 Å². The molecule has 1 aromatic heterocycles. The van der Waals surface area contributed by atoms with Crippen LogP contribution >= 0.6 is 11.3 Å². The third-order valence-electron chi connectivity index (χ3n) is 5.21. The third kappa shape index (κ3) is 5.13. The molecule has 4 rings (SSSR count). The van der Waals surface area contributed by atoms with Gasteiger partial charge in [0.15, 0.2) is 16.6 Å². The van der Waals surface area contributed by atoms with Crippen LogP contribution in [0.4, 0.5) is 5.13 Å². The largest absolute Gasteiger partial charge is 0.493 e. The van der Waals surface area contributed by atoms with Crippen LogP contribution in [0.2, 0.25) is 0 Å². The highest BCUT2D eigenvalue weighted by molar-refractivity contribution is 7.22. The van der Waals surface area contributed by atoms with Gasteiger partial charge in [-0.2, -0.15) is 0 Å². The first-order chi connectivity index (χ1) is 16.6.